The zero-order chi connectivity index (χ0) is 15.7. The summed E-state index contributed by atoms with van der Waals surface area (Å²) in [4.78, 5) is 34.3. The third-order valence-electron chi connectivity index (χ3n) is 3.91. The number of fused-ring (bicyclic) bond motifs is 1. The lowest BCUT2D eigenvalue weighted by molar-refractivity contribution is 0.191. The van der Waals surface area contributed by atoms with Gasteiger partial charge in [-0.2, -0.15) is 0 Å². The molecular weight excluding hydrogens is 284 g/mol. The molecule has 0 saturated carbocycles. The number of aromatic amines is 1. The van der Waals surface area contributed by atoms with E-state index in [-0.39, 0.29) is 11.2 Å². The average molecular weight is 304 g/mol. The van der Waals surface area contributed by atoms with Crippen molar-refractivity contribution in [2.24, 2.45) is 7.05 Å². The third kappa shape index (κ3) is 2.51. The second-order valence-corrected chi connectivity index (χ2v) is 5.46. The Hall–Kier alpha value is -2.19. The molecule has 0 aromatic carbocycles. The highest BCUT2D eigenvalue weighted by molar-refractivity contribution is 5.69. The Balaban J connectivity index is 2.12. The quantitative estimate of drug-likeness (QED) is 0.709. The van der Waals surface area contributed by atoms with E-state index >= 15 is 0 Å². The van der Waals surface area contributed by atoms with Gasteiger partial charge < -0.3 is 10.3 Å². The Labute approximate surface area is 127 Å². The summed E-state index contributed by atoms with van der Waals surface area (Å²) < 4.78 is 2.69. The third-order valence-corrected chi connectivity index (χ3v) is 3.91. The minimum atomic E-state index is -0.348. The van der Waals surface area contributed by atoms with Crippen LogP contribution in [-0.2, 0) is 20.1 Å². The lowest BCUT2D eigenvalue weighted by Crippen LogP contribution is -2.47. The fourth-order valence-electron chi connectivity index (χ4n) is 2.70. The topological polar surface area (TPSA) is 88.0 Å². The van der Waals surface area contributed by atoms with E-state index in [4.69, 9.17) is 0 Å². The molecule has 118 valence electrons. The molecule has 0 spiro atoms. The molecule has 0 amide bonds. The largest absolute Gasteiger partial charge is 0.336 e. The van der Waals surface area contributed by atoms with E-state index < -0.39 is 0 Å². The summed E-state index contributed by atoms with van der Waals surface area (Å²) in [6.07, 6.45) is 2.24. The van der Waals surface area contributed by atoms with Crippen LogP contribution in [0.5, 0.6) is 0 Å². The number of aromatic nitrogens is 4. The van der Waals surface area contributed by atoms with Crippen molar-refractivity contribution in [2.75, 3.05) is 26.2 Å². The normalized spacial score (nSPS) is 16.2. The molecule has 2 aromatic rings. The molecule has 8 heteroatoms. The van der Waals surface area contributed by atoms with Crippen molar-refractivity contribution in [2.45, 2.75) is 13.1 Å². The van der Waals surface area contributed by atoms with Crippen LogP contribution >= 0.6 is 0 Å². The number of imidazole rings is 1. The maximum atomic E-state index is 12.5. The smallest absolute Gasteiger partial charge is 0.333 e. The summed E-state index contributed by atoms with van der Waals surface area (Å²) in [6.45, 7) is 7.62. The Bertz CT molecular complexity index is 809. The maximum Gasteiger partial charge on any atom is 0.333 e. The van der Waals surface area contributed by atoms with Gasteiger partial charge in [0, 0.05) is 39.6 Å². The first-order chi connectivity index (χ1) is 10.6. The van der Waals surface area contributed by atoms with Gasteiger partial charge in [0.25, 0.3) is 5.56 Å². The number of rotatable bonds is 4. The molecule has 0 aliphatic carbocycles. The SMILES string of the molecule is C=CCc1nc2c([nH]1)c(=O)n(C)c(=O)n2CN1CCNCC1. The first-order valence-corrected chi connectivity index (χ1v) is 7.34. The van der Waals surface area contributed by atoms with Crippen LogP contribution in [0.4, 0.5) is 0 Å². The molecule has 2 N–H and O–H groups in total. The van der Waals surface area contributed by atoms with Gasteiger partial charge in [0.1, 0.15) is 11.3 Å². The highest BCUT2D eigenvalue weighted by Gasteiger charge is 2.18. The van der Waals surface area contributed by atoms with Gasteiger partial charge in [-0.1, -0.05) is 6.08 Å². The lowest BCUT2D eigenvalue weighted by Gasteiger charge is -2.27. The molecule has 1 aliphatic rings. The summed E-state index contributed by atoms with van der Waals surface area (Å²) in [5, 5.41) is 3.28. The van der Waals surface area contributed by atoms with Crippen molar-refractivity contribution in [3.8, 4) is 0 Å². The molecule has 22 heavy (non-hydrogen) atoms. The van der Waals surface area contributed by atoms with E-state index in [0.717, 1.165) is 30.7 Å². The minimum Gasteiger partial charge on any atom is -0.336 e. The molecule has 0 unspecified atom stereocenters. The van der Waals surface area contributed by atoms with E-state index in [1.165, 1.54) is 7.05 Å². The number of hydrogen-bond donors (Lipinski definition) is 2. The number of hydrogen-bond acceptors (Lipinski definition) is 5. The van der Waals surface area contributed by atoms with Gasteiger partial charge in [-0.25, -0.2) is 9.78 Å². The van der Waals surface area contributed by atoms with E-state index in [1.807, 2.05) is 0 Å². The number of H-pyrrole nitrogens is 1. The Kier molecular flexibility index (Phi) is 3.95. The average Bonchev–Trinajstić information content (AvgIpc) is 2.95. The lowest BCUT2D eigenvalue weighted by atomic mass is 10.4. The van der Waals surface area contributed by atoms with Gasteiger partial charge in [-0.15, -0.1) is 6.58 Å². The van der Waals surface area contributed by atoms with Crippen LogP contribution < -0.4 is 16.6 Å². The number of allylic oxidation sites excluding steroid dienone is 1. The van der Waals surface area contributed by atoms with Crippen molar-refractivity contribution in [1.29, 1.82) is 0 Å². The fourth-order valence-corrected chi connectivity index (χ4v) is 2.70. The molecule has 8 nitrogen and oxygen atoms in total. The maximum absolute atomic E-state index is 12.5. The summed E-state index contributed by atoms with van der Waals surface area (Å²) in [7, 11) is 1.49. The van der Waals surface area contributed by atoms with Gasteiger partial charge in [-0.3, -0.25) is 18.8 Å². The van der Waals surface area contributed by atoms with Crippen LogP contribution in [0, 0.1) is 0 Å². The molecule has 0 bridgehead atoms. The fraction of sp³-hybridized carbons (Fsp3) is 0.500. The molecule has 1 aliphatic heterocycles. The summed E-state index contributed by atoms with van der Waals surface area (Å²) >= 11 is 0. The van der Waals surface area contributed by atoms with E-state index in [1.54, 1.807) is 10.6 Å². The minimum absolute atomic E-state index is 0.340. The zero-order valence-corrected chi connectivity index (χ0v) is 12.6. The van der Waals surface area contributed by atoms with Crippen molar-refractivity contribution in [3.05, 3.63) is 39.3 Å². The Morgan fingerprint density at radius 3 is 2.73 bits per heavy atom. The van der Waals surface area contributed by atoms with E-state index in [2.05, 4.69) is 26.8 Å². The van der Waals surface area contributed by atoms with Gasteiger partial charge >= 0.3 is 5.69 Å². The van der Waals surface area contributed by atoms with Crippen LogP contribution in [0.3, 0.4) is 0 Å². The predicted octanol–water partition coefficient (Wildman–Crippen LogP) is -0.985. The summed E-state index contributed by atoms with van der Waals surface area (Å²) in [6, 6.07) is 0. The van der Waals surface area contributed by atoms with Gasteiger partial charge in [0.15, 0.2) is 5.65 Å². The first-order valence-electron chi connectivity index (χ1n) is 7.34. The predicted molar refractivity (Wildman–Crippen MR) is 83.9 cm³/mol. The van der Waals surface area contributed by atoms with Crippen molar-refractivity contribution >= 4 is 11.2 Å². The summed E-state index contributed by atoms with van der Waals surface area (Å²) in [5.41, 5.74) is 0.102. The zero-order valence-electron chi connectivity index (χ0n) is 12.6. The van der Waals surface area contributed by atoms with Crippen LogP contribution in [0.1, 0.15) is 5.82 Å². The molecular formula is C14H20N6O2. The molecule has 3 rings (SSSR count). The molecule has 1 saturated heterocycles. The number of nitrogens with one attached hydrogen (secondary N) is 2. The van der Waals surface area contributed by atoms with Crippen LogP contribution in [0.15, 0.2) is 22.2 Å². The van der Waals surface area contributed by atoms with E-state index in [9.17, 15) is 9.59 Å². The molecule has 1 fully saturated rings. The van der Waals surface area contributed by atoms with Crippen molar-refractivity contribution < 1.29 is 0 Å². The second kappa shape index (κ2) is 5.90. The van der Waals surface area contributed by atoms with Gasteiger partial charge in [-0.05, 0) is 0 Å². The monoisotopic (exact) mass is 304 g/mol. The Morgan fingerprint density at radius 2 is 2.05 bits per heavy atom. The van der Waals surface area contributed by atoms with E-state index in [0.29, 0.717) is 30.1 Å². The van der Waals surface area contributed by atoms with Crippen LogP contribution in [-0.4, -0.2) is 50.2 Å². The highest BCUT2D eigenvalue weighted by atomic mass is 16.2. The summed E-state index contributed by atoms with van der Waals surface area (Å²) in [5.74, 6) is 0.641. The molecule has 0 radical (unpaired) electrons. The van der Waals surface area contributed by atoms with Crippen LogP contribution in [0.2, 0.25) is 0 Å². The molecule has 2 aromatic heterocycles. The molecule has 0 atom stereocenters. The first kappa shape index (κ1) is 14.7. The van der Waals surface area contributed by atoms with Crippen molar-refractivity contribution in [3.63, 3.8) is 0 Å². The van der Waals surface area contributed by atoms with Crippen LogP contribution in [0.25, 0.3) is 11.2 Å². The standard InChI is InChI=1S/C14H20N6O2/c1-3-4-10-16-11-12(17-10)20(14(22)18(2)13(11)21)9-19-7-5-15-6-8-19/h3,15H,1,4-9H2,2H3,(H,16,17). The highest BCUT2D eigenvalue weighted by Crippen LogP contribution is 2.07. The van der Waals surface area contributed by atoms with Crippen molar-refractivity contribution in [1.82, 2.24) is 29.3 Å². The van der Waals surface area contributed by atoms with Gasteiger partial charge in [0.05, 0.1) is 6.67 Å². The van der Waals surface area contributed by atoms with Gasteiger partial charge in [0.2, 0.25) is 0 Å². The Morgan fingerprint density at radius 1 is 1.32 bits per heavy atom. The second-order valence-electron chi connectivity index (χ2n) is 5.46. The molecule has 3 heterocycles. The number of piperazine rings is 1. The number of nitrogens with zero attached hydrogens (tertiary/aromatic N) is 4.